The topological polar surface area (TPSA) is 106 Å². The predicted octanol–water partition coefficient (Wildman–Crippen LogP) is 3.72. The number of hydrogen-bond acceptors (Lipinski definition) is 5. The number of urea groups is 1. The van der Waals surface area contributed by atoms with Gasteiger partial charge in [-0.25, -0.2) is 4.79 Å². The lowest BCUT2D eigenvalue weighted by atomic mass is 9.92. The molecular formula is C17H19N3O4. The van der Waals surface area contributed by atoms with E-state index in [4.69, 9.17) is 15.2 Å². The molecule has 2 amide bonds. The number of ether oxygens (including phenoxy) is 2. The molecule has 2 aromatic carbocycles. The lowest BCUT2D eigenvalue weighted by Crippen LogP contribution is -2.02. The average molecular weight is 329 g/mol. The molecule has 0 spiro atoms. The van der Waals surface area contributed by atoms with Crippen molar-refractivity contribution >= 4 is 11.7 Å². The van der Waals surface area contributed by atoms with Gasteiger partial charge < -0.3 is 20.3 Å². The fourth-order valence-corrected chi connectivity index (χ4v) is 2.34. The number of benzene rings is 2. The molecule has 24 heavy (non-hydrogen) atoms. The maximum atomic E-state index is 10.8. The number of aromatic hydroxyl groups is 1. The number of nitrogens with two attached hydrogens (primary N) is 1. The van der Waals surface area contributed by atoms with Gasteiger partial charge in [0.25, 0.3) is 0 Å². The zero-order valence-electron chi connectivity index (χ0n) is 13.7. The summed E-state index contributed by atoms with van der Waals surface area (Å²) in [6.07, 6.45) is 0. The second kappa shape index (κ2) is 7.45. The Kier molecular flexibility index (Phi) is 5.36. The number of carbonyl (C=O) groups is 1. The summed E-state index contributed by atoms with van der Waals surface area (Å²) in [6, 6.07) is 9.67. The lowest BCUT2D eigenvalue weighted by molar-refractivity contribution is 0.255. The van der Waals surface area contributed by atoms with Crippen LogP contribution in [0.2, 0.25) is 0 Å². The normalized spacial score (nSPS) is 12.1. The van der Waals surface area contributed by atoms with Crippen molar-refractivity contribution in [3.05, 3.63) is 47.5 Å². The van der Waals surface area contributed by atoms with E-state index in [2.05, 4.69) is 10.2 Å². The van der Waals surface area contributed by atoms with E-state index < -0.39 is 6.03 Å². The Morgan fingerprint density at radius 3 is 2.38 bits per heavy atom. The first-order chi connectivity index (χ1) is 11.5. The predicted molar refractivity (Wildman–Crippen MR) is 89.3 cm³/mol. The largest absolute Gasteiger partial charge is 0.508 e. The molecule has 0 radical (unpaired) electrons. The molecule has 0 aliphatic heterocycles. The first kappa shape index (κ1) is 17.3. The summed E-state index contributed by atoms with van der Waals surface area (Å²) >= 11 is 0. The van der Waals surface area contributed by atoms with E-state index in [0.717, 1.165) is 11.3 Å². The Bertz CT molecular complexity index is 757. The monoisotopic (exact) mass is 329 g/mol. The molecule has 7 heteroatoms. The summed E-state index contributed by atoms with van der Waals surface area (Å²) < 4.78 is 10.3. The molecule has 0 aromatic heterocycles. The smallest absolute Gasteiger partial charge is 0.356 e. The van der Waals surface area contributed by atoms with Crippen LogP contribution in [0.5, 0.6) is 17.2 Å². The van der Waals surface area contributed by atoms with Crippen LogP contribution in [0, 0.1) is 0 Å². The SMILES string of the molecule is COc1ccc(C(C)c2cc(N=NC(N)=O)c(OC)cc2O)cc1. The van der Waals surface area contributed by atoms with Crippen molar-refractivity contribution in [3.63, 3.8) is 0 Å². The quantitative estimate of drug-likeness (QED) is 0.815. The number of phenolic OH excluding ortho intramolecular Hbond substituents is 1. The molecular weight excluding hydrogens is 310 g/mol. The number of methoxy groups -OCH3 is 2. The Labute approximate surface area is 139 Å². The molecule has 0 heterocycles. The standard InChI is InChI=1S/C17H19N3O4/c1-10(11-4-6-12(23-2)7-5-11)13-8-14(19-20-17(18)22)16(24-3)9-15(13)21/h4-10,21H,1-3H3,(H2,18,22). The minimum atomic E-state index is -0.908. The van der Waals surface area contributed by atoms with Gasteiger partial charge in [0, 0.05) is 17.5 Å². The highest BCUT2D eigenvalue weighted by Gasteiger charge is 2.17. The minimum absolute atomic E-state index is 0.0631. The van der Waals surface area contributed by atoms with Crippen molar-refractivity contribution in [1.29, 1.82) is 0 Å². The van der Waals surface area contributed by atoms with Gasteiger partial charge in [0.15, 0.2) is 0 Å². The molecule has 2 aromatic rings. The second-order valence-electron chi connectivity index (χ2n) is 5.12. The molecule has 1 atom stereocenters. The summed E-state index contributed by atoms with van der Waals surface area (Å²) in [4.78, 5) is 10.8. The maximum absolute atomic E-state index is 10.8. The average Bonchev–Trinajstić information content (AvgIpc) is 2.59. The van der Waals surface area contributed by atoms with Gasteiger partial charge >= 0.3 is 6.03 Å². The van der Waals surface area contributed by atoms with E-state index in [1.807, 2.05) is 31.2 Å². The molecule has 0 saturated carbocycles. The molecule has 0 aliphatic rings. The highest BCUT2D eigenvalue weighted by molar-refractivity contribution is 5.72. The highest BCUT2D eigenvalue weighted by Crippen LogP contribution is 2.40. The van der Waals surface area contributed by atoms with Crippen LogP contribution in [0.4, 0.5) is 10.5 Å². The first-order valence-corrected chi connectivity index (χ1v) is 7.22. The van der Waals surface area contributed by atoms with Crippen molar-refractivity contribution < 1.29 is 19.4 Å². The molecule has 126 valence electrons. The molecule has 1 unspecified atom stereocenters. The molecule has 0 aliphatic carbocycles. The van der Waals surface area contributed by atoms with Crippen molar-refractivity contribution in [2.45, 2.75) is 12.8 Å². The number of hydrogen-bond donors (Lipinski definition) is 2. The first-order valence-electron chi connectivity index (χ1n) is 7.22. The van der Waals surface area contributed by atoms with E-state index in [9.17, 15) is 9.90 Å². The zero-order valence-corrected chi connectivity index (χ0v) is 13.7. The van der Waals surface area contributed by atoms with Crippen molar-refractivity contribution in [1.82, 2.24) is 0 Å². The van der Waals surface area contributed by atoms with Gasteiger partial charge in [0.1, 0.15) is 22.9 Å². The van der Waals surface area contributed by atoms with Gasteiger partial charge in [-0.3, -0.25) is 0 Å². The second-order valence-corrected chi connectivity index (χ2v) is 5.12. The molecule has 3 N–H and O–H groups in total. The Balaban J connectivity index is 2.44. The van der Waals surface area contributed by atoms with Crippen LogP contribution in [-0.2, 0) is 0 Å². The fourth-order valence-electron chi connectivity index (χ4n) is 2.34. The van der Waals surface area contributed by atoms with E-state index in [1.54, 1.807) is 13.2 Å². The van der Waals surface area contributed by atoms with E-state index >= 15 is 0 Å². The Morgan fingerprint density at radius 1 is 1.17 bits per heavy atom. The number of azo groups is 1. The molecule has 2 rings (SSSR count). The van der Waals surface area contributed by atoms with E-state index in [0.29, 0.717) is 17.0 Å². The molecule has 0 fully saturated rings. The zero-order chi connectivity index (χ0) is 17.7. The maximum Gasteiger partial charge on any atom is 0.356 e. The number of rotatable bonds is 5. The number of primary amides is 1. The third kappa shape index (κ3) is 3.81. The Morgan fingerprint density at radius 2 is 1.83 bits per heavy atom. The van der Waals surface area contributed by atoms with Crippen LogP contribution in [0.15, 0.2) is 46.6 Å². The number of amides is 2. The number of nitrogens with zero attached hydrogens (tertiary/aromatic N) is 2. The lowest BCUT2D eigenvalue weighted by Gasteiger charge is -2.16. The molecule has 0 bridgehead atoms. The summed E-state index contributed by atoms with van der Waals surface area (Å²) in [5, 5.41) is 17.4. The van der Waals surface area contributed by atoms with E-state index in [1.165, 1.54) is 13.2 Å². The third-order valence-electron chi connectivity index (χ3n) is 3.67. The van der Waals surface area contributed by atoms with Crippen molar-refractivity contribution in [2.75, 3.05) is 14.2 Å². The van der Waals surface area contributed by atoms with Crippen LogP contribution in [-0.4, -0.2) is 25.4 Å². The number of carbonyl (C=O) groups excluding carboxylic acids is 1. The van der Waals surface area contributed by atoms with Gasteiger partial charge in [0.05, 0.1) is 14.2 Å². The van der Waals surface area contributed by atoms with Gasteiger partial charge in [-0.2, -0.15) is 0 Å². The van der Waals surface area contributed by atoms with Crippen LogP contribution in [0.3, 0.4) is 0 Å². The summed E-state index contributed by atoms with van der Waals surface area (Å²) in [7, 11) is 3.04. The van der Waals surface area contributed by atoms with Crippen LogP contribution < -0.4 is 15.2 Å². The van der Waals surface area contributed by atoms with Gasteiger partial charge in [-0.1, -0.05) is 24.2 Å². The molecule has 7 nitrogen and oxygen atoms in total. The third-order valence-corrected chi connectivity index (χ3v) is 3.67. The highest BCUT2D eigenvalue weighted by atomic mass is 16.5. The van der Waals surface area contributed by atoms with Crippen LogP contribution in [0.25, 0.3) is 0 Å². The molecule has 0 saturated heterocycles. The van der Waals surface area contributed by atoms with Gasteiger partial charge in [-0.15, -0.1) is 5.11 Å². The summed E-state index contributed by atoms with van der Waals surface area (Å²) in [5.41, 5.74) is 6.89. The minimum Gasteiger partial charge on any atom is -0.508 e. The van der Waals surface area contributed by atoms with Crippen LogP contribution in [0.1, 0.15) is 24.0 Å². The van der Waals surface area contributed by atoms with Crippen LogP contribution >= 0.6 is 0 Å². The van der Waals surface area contributed by atoms with E-state index in [-0.39, 0.29) is 11.7 Å². The summed E-state index contributed by atoms with van der Waals surface area (Å²) in [5.74, 6) is 0.988. The Hall–Kier alpha value is -3.09. The van der Waals surface area contributed by atoms with Gasteiger partial charge in [-0.05, 0) is 23.8 Å². The fraction of sp³-hybridized carbons (Fsp3) is 0.235. The van der Waals surface area contributed by atoms with Crippen molar-refractivity contribution in [2.24, 2.45) is 16.0 Å². The van der Waals surface area contributed by atoms with Crippen molar-refractivity contribution in [3.8, 4) is 17.2 Å². The summed E-state index contributed by atoms with van der Waals surface area (Å²) in [6.45, 7) is 1.94. The number of phenols is 1. The van der Waals surface area contributed by atoms with Gasteiger partial charge in [0.2, 0.25) is 0 Å².